The Balaban J connectivity index is 2.07. The molecule has 1 aliphatic rings. The van der Waals surface area contributed by atoms with E-state index < -0.39 is 0 Å². The number of ether oxygens (including phenoxy) is 1. The Morgan fingerprint density at radius 3 is 2.75 bits per heavy atom. The zero-order chi connectivity index (χ0) is 16.9. The summed E-state index contributed by atoms with van der Waals surface area (Å²) in [7, 11) is 0. The van der Waals surface area contributed by atoms with Crippen LogP contribution in [0.5, 0.6) is 0 Å². The summed E-state index contributed by atoms with van der Waals surface area (Å²) < 4.78 is 7.49. The number of hydrogen-bond acceptors (Lipinski definition) is 4. The second kappa shape index (κ2) is 7.50. The summed E-state index contributed by atoms with van der Waals surface area (Å²) in [6.07, 6.45) is 4.02. The fraction of sp³-hybridized carbons (Fsp3) is 0.474. The number of aryl methyl sites for hydroxylation is 1. The molecule has 1 aromatic carbocycles. The lowest BCUT2D eigenvalue weighted by atomic mass is 9.91. The van der Waals surface area contributed by atoms with Crippen LogP contribution in [0, 0.1) is 17.2 Å². The maximum absolute atomic E-state index is 9.60. The molecule has 1 aliphatic heterocycles. The van der Waals surface area contributed by atoms with Crippen molar-refractivity contribution in [2.75, 3.05) is 18.9 Å². The van der Waals surface area contributed by atoms with Crippen molar-refractivity contribution in [1.29, 1.82) is 5.26 Å². The average Bonchev–Trinajstić information content (AvgIpc) is 2.94. The zero-order valence-corrected chi connectivity index (χ0v) is 14.2. The van der Waals surface area contributed by atoms with Crippen LogP contribution >= 0.6 is 0 Å². The molecule has 0 bridgehead atoms. The predicted molar refractivity (Wildman–Crippen MR) is 94.3 cm³/mol. The first kappa shape index (κ1) is 16.5. The van der Waals surface area contributed by atoms with Crippen LogP contribution in [0.2, 0.25) is 0 Å². The van der Waals surface area contributed by atoms with Crippen molar-refractivity contribution in [3.05, 3.63) is 35.7 Å². The fourth-order valence-electron chi connectivity index (χ4n) is 3.41. The number of nitrogen functional groups attached to an aromatic ring is 1. The molecule has 2 aromatic rings. The van der Waals surface area contributed by atoms with E-state index in [4.69, 9.17) is 10.5 Å². The van der Waals surface area contributed by atoms with Crippen molar-refractivity contribution in [3.8, 4) is 17.2 Å². The molecule has 0 saturated carbocycles. The first-order valence-corrected chi connectivity index (χ1v) is 8.67. The van der Waals surface area contributed by atoms with Gasteiger partial charge in [0.2, 0.25) is 0 Å². The molecule has 1 saturated heterocycles. The molecule has 5 nitrogen and oxygen atoms in total. The smallest absolute Gasteiger partial charge is 0.170 e. The molecule has 0 amide bonds. The second-order valence-electron chi connectivity index (χ2n) is 6.35. The number of rotatable bonds is 5. The zero-order valence-electron chi connectivity index (χ0n) is 14.2. The van der Waals surface area contributed by atoms with Gasteiger partial charge in [-0.1, -0.05) is 25.1 Å². The van der Waals surface area contributed by atoms with E-state index in [0.717, 1.165) is 62.3 Å². The first-order valence-electron chi connectivity index (χ1n) is 8.67. The molecule has 0 unspecified atom stereocenters. The van der Waals surface area contributed by atoms with E-state index in [-0.39, 0.29) is 0 Å². The molecule has 0 aliphatic carbocycles. The number of benzene rings is 1. The fourth-order valence-corrected chi connectivity index (χ4v) is 3.41. The molecule has 3 rings (SSSR count). The number of para-hydroxylation sites is 1. The Labute approximate surface area is 143 Å². The topological polar surface area (TPSA) is 76.9 Å². The summed E-state index contributed by atoms with van der Waals surface area (Å²) in [5.41, 5.74) is 10.3. The van der Waals surface area contributed by atoms with Crippen LogP contribution in [0.3, 0.4) is 0 Å². The van der Waals surface area contributed by atoms with Gasteiger partial charge in [0, 0.05) is 42.3 Å². The Bertz CT molecular complexity index is 738. The van der Waals surface area contributed by atoms with Gasteiger partial charge in [-0.2, -0.15) is 10.4 Å². The third-order valence-electron chi connectivity index (χ3n) is 4.65. The largest absolute Gasteiger partial charge is 0.398 e. The lowest BCUT2D eigenvalue weighted by Gasteiger charge is -2.23. The van der Waals surface area contributed by atoms with Crippen molar-refractivity contribution >= 4 is 5.69 Å². The maximum atomic E-state index is 9.60. The van der Waals surface area contributed by atoms with Crippen LogP contribution < -0.4 is 5.73 Å². The minimum Gasteiger partial charge on any atom is -0.398 e. The van der Waals surface area contributed by atoms with Gasteiger partial charge in [0.05, 0.1) is 0 Å². The Morgan fingerprint density at radius 1 is 1.33 bits per heavy atom. The van der Waals surface area contributed by atoms with Crippen molar-refractivity contribution in [2.24, 2.45) is 5.92 Å². The molecule has 0 spiro atoms. The molecule has 126 valence electrons. The third kappa shape index (κ3) is 3.29. The molecule has 1 fully saturated rings. The number of aromatic nitrogens is 2. The van der Waals surface area contributed by atoms with Crippen molar-refractivity contribution in [1.82, 2.24) is 9.78 Å². The highest BCUT2D eigenvalue weighted by atomic mass is 16.5. The van der Waals surface area contributed by atoms with E-state index in [0.29, 0.717) is 17.3 Å². The number of nitriles is 1. The van der Waals surface area contributed by atoms with Crippen LogP contribution in [-0.2, 0) is 17.7 Å². The van der Waals surface area contributed by atoms with E-state index in [2.05, 4.69) is 18.1 Å². The van der Waals surface area contributed by atoms with E-state index in [1.54, 1.807) is 0 Å². The van der Waals surface area contributed by atoms with Gasteiger partial charge in [-0.3, -0.25) is 4.68 Å². The van der Waals surface area contributed by atoms with Crippen LogP contribution in [-0.4, -0.2) is 23.0 Å². The van der Waals surface area contributed by atoms with Gasteiger partial charge in [-0.15, -0.1) is 0 Å². The monoisotopic (exact) mass is 324 g/mol. The summed E-state index contributed by atoms with van der Waals surface area (Å²) in [4.78, 5) is 0. The lowest BCUT2D eigenvalue weighted by Crippen LogP contribution is -2.19. The van der Waals surface area contributed by atoms with Crippen LogP contribution in [0.25, 0.3) is 11.1 Å². The lowest BCUT2D eigenvalue weighted by molar-refractivity contribution is 0.0659. The highest BCUT2D eigenvalue weighted by Gasteiger charge is 2.24. The standard InChI is InChI=1S/C19H24N4O/c1-2-9-23-18(12-14-7-10-24-11-8-14)19(17(13-20)22-23)15-5-3-4-6-16(15)21/h3-6,14H,2,7-12,21H2,1H3. The first-order chi connectivity index (χ1) is 11.7. The highest BCUT2D eigenvalue weighted by molar-refractivity contribution is 5.81. The van der Waals surface area contributed by atoms with E-state index in [1.807, 2.05) is 28.9 Å². The summed E-state index contributed by atoms with van der Waals surface area (Å²) in [5, 5.41) is 14.2. The van der Waals surface area contributed by atoms with Crippen molar-refractivity contribution in [3.63, 3.8) is 0 Å². The molecule has 0 radical (unpaired) electrons. The summed E-state index contributed by atoms with van der Waals surface area (Å²) in [6.45, 7) is 4.59. The number of nitrogens with two attached hydrogens (primary N) is 1. The van der Waals surface area contributed by atoms with Gasteiger partial charge in [-0.05, 0) is 37.7 Å². The molecule has 1 aromatic heterocycles. The summed E-state index contributed by atoms with van der Waals surface area (Å²) in [6, 6.07) is 10.0. The van der Waals surface area contributed by atoms with Gasteiger partial charge in [0.15, 0.2) is 5.69 Å². The number of anilines is 1. The molecule has 0 atom stereocenters. The maximum Gasteiger partial charge on any atom is 0.170 e. The van der Waals surface area contributed by atoms with E-state index >= 15 is 0 Å². The third-order valence-corrected chi connectivity index (χ3v) is 4.65. The Morgan fingerprint density at radius 2 is 2.08 bits per heavy atom. The molecule has 2 N–H and O–H groups in total. The SMILES string of the molecule is CCCn1nc(C#N)c(-c2ccccc2N)c1CC1CCOCC1. The number of nitrogens with zero attached hydrogens (tertiary/aromatic N) is 3. The van der Waals surface area contributed by atoms with Crippen molar-refractivity contribution < 1.29 is 4.74 Å². The predicted octanol–water partition coefficient (Wildman–Crippen LogP) is 3.38. The summed E-state index contributed by atoms with van der Waals surface area (Å²) in [5.74, 6) is 0.571. The molecular formula is C19H24N4O. The number of hydrogen-bond donors (Lipinski definition) is 1. The normalized spacial score (nSPS) is 15.3. The Hall–Kier alpha value is -2.32. The molecule has 2 heterocycles. The molecule has 5 heteroatoms. The average molecular weight is 324 g/mol. The summed E-state index contributed by atoms with van der Waals surface area (Å²) >= 11 is 0. The van der Waals surface area contributed by atoms with E-state index in [9.17, 15) is 5.26 Å². The highest BCUT2D eigenvalue weighted by Crippen LogP contribution is 2.34. The van der Waals surface area contributed by atoms with E-state index in [1.165, 1.54) is 0 Å². The van der Waals surface area contributed by atoms with Gasteiger partial charge < -0.3 is 10.5 Å². The van der Waals surface area contributed by atoms with Gasteiger partial charge in [0.25, 0.3) is 0 Å². The molecular weight excluding hydrogens is 300 g/mol. The quantitative estimate of drug-likeness (QED) is 0.855. The van der Waals surface area contributed by atoms with Crippen LogP contribution in [0.1, 0.15) is 37.6 Å². The van der Waals surface area contributed by atoms with Gasteiger partial charge in [0.1, 0.15) is 6.07 Å². The van der Waals surface area contributed by atoms with Crippen molar-refractivity contribution in [2.45, 2.75) is 39.2 Å². The van der Waals surface area contributed by atoms with Gasteiger partial charge in [-0.25, -0.2) is 0 Å². The minimum absolute atomic E-state index is 0.475. The second-order valence-corrected chi connectivity index (χ2v) is 6.35. The van der Waals surface area contributed by atoms with Crippen LogP contribution in [0.4, 0.5) is 5.69 Å². The van der Waals surface area contributed by atoms with Gasteiger partial charge >= 0.3 is 0 Å². The molecule has 24 heavy (non-hydrogen) atoms. The minimum atomic E-state index is 0.475. The van der Waals surface area contributed by atoms with Crippen LogP contribution in [0.15, 0.2) is 24.3 Å². The Kier molecular flexibility index (Phi) is 5.17.